The van der Waals surface area contributed by atoms with Crippen molar-refractivity contribution < 1.29 is 4.79 Å². The molecule has 22 heavy (non-hydrogen) atoms. The van der Waals surface area contributed by atoms with E-state index in [2.05, 4.69) is 20.5 Å². The van der Waals surface area contributed by atoms with Crippen molar-refractivity contribution in [3.8, 4) is 0 Å². The highest BCUT2D eigenvalue weighted by Crippen LogP contribution is 2.19. The van der Waals surface area contributed by atoms with E-state index in [1.807, 2.05) is 54.8 Å². The Bertz CT molecular complexity index is 737. The lowest BCUT2D eigenvalue weighted by molar-refractivity contribution is -0.120. The maximum Gasteiger partial charge on any atom is 0.226 e. The summed E-state index contributed by atoms with van der Waals surface area (Å²) in [4.78, 5) is 17.7. The molecule has 0 aliphatic heterocycles. The number of thiophene rings is 1. The van der Waals surface area contributed by atoms with E-state index < -0.39 is 0 Å². The van der Waals surface area contributed by atoms with Gasteiger partial charge in [0.15, 0.2) is 5.82 Å². The average Bonchev–Trinajstić information content (AvgIpc) is 3.17. The van der Waals surface area contributed by atoms with Gasteiger partial charge in [-0.2, -0.15) is 5.10 Å². The summed E-state index contributed by atoms with van der Waals surface area (Å²) in [6.45, 7) is 1.84. The number of benzene rings is 1. The van der Waals surface area contributed by atoms with E-state index >= 15 is 0 Å². The third-order valence-electron chi connectivity index (χ3n) is 3.23. The summed E-state index contributed by atoms with van der Waals surface area (Å²) in [7, 11) is 0. The van der Waals surface area contributed by atoms with Gasteiger partial charge in [-0.3, -0.25) is 9.89 Å². The third kappa shape index (κ3) is 3.40. The van der Waals surface area contributed by atoms with E-state index in [1.54, 1.807) is 11.3 Å². The molecule has 0 unspecified atom stereocenters. The molecule has 0 spiro atoms. The van der Waals surface area contributed by atoms with Crippen molar-refractivity contribution in [2.45, 2.75) is 19.4 Å². The van der Waals surface area contributed by atoms with Crippen LogP contribution in [0.4, 0.5) is 0 Å². The number of nitrogens with one attached hydrogen (secondary N) is 2. The van der Waals surface area contributed by atoms with Crippen molar-refractivity contribution in [1.29, 1.82) is 0 Å². The van der Waals surface area contributed by atoms with Crippen LogP contribution in [-0.4, -0.2) is 21.1 Å². The first-order valence-electron chi connectivity index (χ1n) is 6.98. The Morgan fingerprint density at radius 3 is 2.73 bits per heavy atom. The largest absolute Gasteiger partial charge is 0.342 e. The fourth-order valence-corrected chi connectivity index (χ4v) is 2.92. The normalized spacial score (nSPS) is 12.0. The molecule has 6 heteroatoms. The van der Waals surface area contributed by atoms with Crippen LogP contribution in [0.2, 0.25) is 0 Å². The monoisotopic (exact) mass is 312 g/mol. The van der Waals surface area contributed by atoms with Gasteiger partial charge in [0.05, 0.1) is 6.42 Å². The molecule has 3 rings (SSSR count). The summed E-state index contributed by atoms with van der Waals surface area (Å²) in [6, 6.07) is 13.3. The smallest absolute Gasteiger partial charge is 0.226 e. The lowest BCUT2D eigenvalue weighted by Gasteiger charge is -2.16. The molecule has 2 aromatic heterocycles. The van der Waals surface area contributed by atoms with Crippen molar-refractivity contribution in [1.82, 2.24) is 20.5 Å². The Hall–Kier alpha value is -2.47. The number of carbonyl (C=O) groups is 1. The molecule has 0 bridgehead atoms. The van der Waals surface area contributed by atoms with Crippen LogP contribution in [0.5, 0.6) is 0 Å². The minimum Gasteiger partial charge on any atom is -0.342 e. The van der Waals surface area contributed by atoms with Crippen molar-refractivity contribution >= 4 is 17.2 Å². The summed E-state index contributed by atoms with van der Waals surface area (Å²) < 4.78 is 0. The molecule has 0 saturated heterocycles. The molecule has 0 fully saturated rings. The maximum absolute atomic E-state index is 12.3. The predicted molar refractivity (Wildman–Crippen MR) is 85.6 cm³/mol. The fraction of sp³-hybridized carbons (Fsp3) is 0.188. The minimum atomic E-state index is -0.349. The van der Waals surface area contributed by atoms with Gasteiger partial charge >= 0.3 is 0 Å². The Morgan fingerprint density at radius 1 is 1.27 bits per heavy atom. The van der Waals surface area contributed by atoms with Crippen LogP contribution in [-0.2, 0) is 11.2 Å². The first-order chi connectivity index (χ1) is 10.7. The fourth-order valence-electron chi connectivity index (χ4n) is 2.21. The number of rotatable bonds is 5. The number of hydrogen-bond acceptors (Lipinski definition) is 4. The van der Waals surface area contributed by atoms with Crippen LogP contribution >= 0.6 is 11.3 Å². The molecule has 5 nitrogen and oxygen atoms in total. The van der Waals surface area contributed by atoms with E-state index in [0.717, 1.165) is 16.3 Å². The SMILES string of the molecule is Cc1nc([C@@H](NC(=O)Cc2cccs2)c2ccccc2)n[nH]1. The van der Waals surface area contributed by atoms with Crippen molar-refractivity contribution in [2.75, 3.05) is 0 Å². The second-order valence-electron chi connectivity index (χ2n) is 4.95. The third-order valence-corrected chi connectivity index (χ3v) is 4.10. The first kappa shape index (κ1) is 14.5. The number of hydrogen-bond donors (Lipinski definition) is 2. The predicted octanol–water partition coefficient (Wildman–Crippen LogP) is 2.62. The van der Waals surface area contributed by atoms with Crippen LogP contribution in [0, 0.1) is 6.92 Å². The van der Waals surface area contributed by atoms with Crippen molar-refractivity contribution in [3.63, 3.8) is 0 Å². The Morgan fingerprint density at radius 2 is 2.09 bits per heavy atom. The van der Waals surface area contributed by atoms with Gasteiger partial charge in [0.2, 0.25) is 5.91 Å². The topological polar surface area (TPSA) is 70.7 Å². The molecular formula is C16H16N4OS. The van der Waals surface area contributed by atoms with Crippen LogP contribution in [0.15, 0.2) is 47.8 Å². The molecule has 1 aromatic carbocycles. The van der Waals surface area contributed by atoms with E-state index in [0.29, 0.717) is 12.2 Å². The van der Waals surface area contributed by atoms with Gasteiger partial charge in [-0.25, -0.2) is 4.98 Å². The van der Waals surface area contributed by atoms with Gasteiger partial charge in [-0.15, -0.1) is 11.3 Å². The quantitative estimate of drug-likeness (QED) is 0.761. The Kier molecular flexibility index (Phi) is 4.29. The molecular weight excluding hydrogens is 296 g/mol. The summed E-state index contributed by atoms with van der Waals surface area (Å²) in [5.41, 5.74) is 0.959. The highest BCUT2D eigenvalue weighted by atomic mass is 32.1. The highest BCUT2D eigenvalue weighted by Gasteiger charge is 2.20. The minimum absolute atomic E-state index is 0.0428. The number of aromatic amines is 1. The van der Waals surface area contributed by atoms with Crippen LogP contribution in [0.3, 0.4) is 0 Å². The van der Waals surface area contributed by atoms with Gasteiger partial charge in [0.1, 0.15) is 11.9 Å². The maximum atomic E-state index is 12.3. The number of aromatic nitrogens is 3. The van der Waals surface area contributed by atoms with Gasteiger partial charge in [0.25, 0.3) is 0 Å². The second-order valence-corrected chi connectivity index (χ2v) is 5.98. The summed E-state index contributed by atoms with van der Waals surface area (Å²) in [5.74, 6) is 1.26. The van der Waals surface area contributed by atoms with Gasteiger partial charge in [-0.1, -0.05) is 36.4 Å². The molecule has 2 heterocycles. The van der Waals surface area contributed by atoms with Crippen molar-refractivity contribution in [2.24, 2.45) is 0 Å². The number of amides is 1. The summed E-state index contributed by atoms with van der Waals surface area (Å²) >= 11 is 1.58. The zero-order valence-electron chi connectivity index (χ0n) is 12.1. The van der Waals surface area contributed by atoms with Crippen molar-refractivity contribution in [3.05, 3.63) is 69.9 Å². The van der Waals surface area contributed by atoms with Crippen LogP contribution in [0.1, 0.15) is 28.1 Å². The molecule has 0 aliphatic carbocycles. The average molecular weight is 312 g/mol. The molecule has 1 atom stereocenters. The lowest BCUT2D eigenvalue weighted by Crippen LogP contribution is -2.31. The Balaban J connectivity index is 1.81. The molecule has 0 radical (unpaired) electrons. The molecule has 0 saturated carbocycles. The van der Waals surface area contributed by atoms with E-state index in [1.165, 1.54) is 0 Å². The van der Waals surface area contributed by atoms with Crippen LogP contribution < -0.4 is 5.32 Å². The van der Waals surface area contributed by atoms with Gasteiger partial charge < -0.3 is 5.32 Å². The highest BCUT2D eigenvalue weighted by molar-refractivity contribution is 7.10. The zero-order valence-corrected chi connectivity index (χ0v) is 12.9. The number of H-pyrrole nitrogens is 1. The van der Waals surface area contributed by atoms with E-state index in [4.69, 9.17) is 0 Å². The number of carbonyl (C=O) groups excluding carboxylic acids is 1. The summed E-state index contributed by atoms with van der Waals surface area (Å²) in [5, 5.41) is 12.0. The number of aryl methyl sites for hydroxylation is 1. The molecule has 3 aromatic rings. The number of nitrogens with zero attached hydrogens (tertiary/aromatic N) is 2. The lowest BCUT2D eigenvalue weighted by atomic mass is 10.1. The molecule has 112 valence electrons. The second kappa shape index (κ2) is 6.53. The molecule has 1 amide bonds. The van der Waals surface area contributed by atoms with Gasteiger partial charge in [-0.05, 0) is 23.9 Å². The molecule has 0 aliphatic rings. The Labute approximate surface area is 132 Å². The zero-order chi connectivity index (χ0) is 15.4. The van der Waals surface area contributed by atoms with Gasteiger partial charge in [0, 0.05) is 4.88 Å². The van der Waals surface area contributed by atoms with E-state index in [-0.39, 0.29) is 11.9 Å². The summed E-state index contributed by atoms with van der Waals surface area (Å²) in [6.07, 6.45) is 0.365. The first-order valence-corrected chi connectivity index (χ1v) is 7.86. The molecule has 2 N–H and O–H groups in total. The standard InChI is InChI=1S/C16H16N4OS/c1-11-17-16(20-19-11)15(12-6-3-2-4-7-12)18-14(21)10-13-8-5-9-22-13/h2-9,15H,10H2,1H3,(H,18,21)(H,17,19,20)/t15-/m0/s1. The van der Waals surface area contributed by atoms with Crippen LogP contribution in [0.25, 0.3) is 0 Å². The van der Waals surface area contributed by atoms with E-state index in [9.17, 15) is 4.79 Å².